The molecule has 1 unspecified atom stereocenters. The first-order valence-electron chi connectivity index (χ1n) is 6.56. The molecule has 112 valence electrons. The number of nitrogens with zero attached hydrogens (tertiary/aromatic N) is 1. The third-order valence-electron chi connectivity index (χ3n) is 3.10. The summed E-state index contributed by atoms with van der Waals surface area (Å²) >= 11 is 1.59. The number of hydrogen-bond donors (Lipinski definition) is 2. The number of aryl methyl sites for hydroxylation is 1. The zero-order valence-electron chi connectivity index (χ0n) is 11.4. The summed E-state index contributed by atoms with van der Waals surface area (Å²) in [7, 11) is -2.99. The van der Waals surface area contributed by atoms with Gasteiger partial charge < -0.3 is 10.6 Å². The molecule has 2 heterocycles. The average Bonchev–Trinajstić information content (AvgIpc) is 2.73. The fourth-order valence-electron chi connectivity index (χ4n) is 2.15. The molecule has 1 aliphatic heterocycles. The van der Waals surface area contributed by atoms with E-state index in [0.717, 1.165) is 10.7 Å². The minimum absolute atomic E-state index is 0.0473. The van der Waals surface area contributed by atoms with Gasteiger partial charge in [0.2, 0.25) is 5.91 Å². The van der Waals surface area contributed by atoms with Gasteiger partial charge in [0.25, 0.3) is 0 Å². The minimum Gasteiger partial charge on any atom is -0.356 e. The second-order valence-corrected chi connectivity index (χ2v) is 8.22. The molecule has 8 heteroatoms. The third-order valence-corrected chi connectivity index (χ3v) is 5.66. The summed E-state index contributed by atoms with van der Waals surface area (Å²) < 4.78 is 22.9. The summed E-state index contributed by atoms with van der Waals surface area (Å²) in [5.74, 6) is 0.0894. The quantitative estimate of drug-likeness (QED) is 0.791. The van der Waals surface area contributed by atoms with E-state index in [9.17, 15) is 13.2 Å². The number of aromatic nitrogens is 1. The Morgan fingerprint density at radius 1 is 1.60 bits per heavy atom. The number of nitrogens with one attached hydrogen (secondary N) is 2. The van der Waals surface area contributed by atoms with Crippen molar-refractivity contribution in [3.63, 3.8) is 0 Å². The third kappa shape index (κ3) is 4.84. The van der Waals surface area contributed by atoms with Crippen LogP contribution in [-0.2, 0) is 21.1 Å². The minimum atomic E-state index is -2.99. The van der Waals surface area contributed by atoms with Crippen LogP contribution in [0.5, 0.6) is 0 Å². The fraction of sp³-hybridized carbons (Fsp3) is 0.667. The number of carbonyl (C=O) groups is 1. The first kappa shape index (κ1) is 15.4. The molecule has 0 aromatic carbocycles. The van der Waals surface area contributed by atoms with E-state index >= 15 is 0 Å². The molecule has 1 amide bonds. The summed E-state index contributed by atoms with van der Waals surface area (Å²) in [6.45, 7) is 2.90. The molecule has 1 aliphatic rings. The predicted octanol–water partition coefficient (Wildman–Crippen LogP) is -0.113. The zero-order chi connectivity index (χ0) is 14.6. The lowest BCUT2D eigenvalue weighted by atomic mass is 10.2. The van der Waals surface area contributed by atoms with Gasteiger partial charge in [-0.2, -0.15) is 0 Å². The van der Waals surface area contributed by atoms with Crippen molar-refractivity contribution in [1.29, 1.82) is 0 Å². The topological polar surface area (TPSA) is 88.2 Å². The smallest absolute Gasteiger partial charge is 0.221 e. The Morgan fingerprint density at radius 2 is 2.40 bits per heavy atom. The van der Waals surface area contributed by atoms with Crippen LogP contribution >= 0.6 is 11.3 Å². The Balaban J connectivity index is 1.70. The molecule has 0 radical (unpaired) electrons. The van der Waals surface area contributed by atoms with Crippen LogP contribution in [-0.4, -0.2) is 49.9 Å². The Kier molecular flexibility index (Phi) is 5.11. The second kappa shape index (κ2) is 6.64. The summed E-state index contributed by atoms with van der Waals surface area (Å²) in [4.78, 5) is 16.1. The molecule has 1 atom stereocenters. The number of thiazole rings is 1. The Hall–Kier alpha value is -0.990. The maximum atomic E-state index is 11.8. The van der Waals surface area contributed by atoms with Crippen LogP contribution in [0.4, 0.5) is 0 Å². The van der Waals surface area contributed by atoms with E-state index < -0.39 is 9.84 Å². The number of amides is 1. The van der Waals surface area contributed by atoms with E-state index in [1.807, 2.05) is 12.3 Å². The lowest BCUT2D eigenvalue weighted by Crippen LogP contribution is -2.47. The first-order valence-corrected chi connectivity index (χ1v) is 9.26. The fourth-order valence-corrected chi connectivity index (χ4v) is 4.24. The molecule has 0 saturated carbocycles. The maximum absolute atomic E-state index is 11.8. The van der Waals surface area contributed by atoms with Crippen molar-refractivity contribution in [3.05, 3.63) is 16.1 Å². The molecule has 1 saturated heterocycles. The maximum Gasteiger partial charge on any atom is 0.221 e. The standard InChI is InChI=1S/C12H19N3O3S2/c1-9-15-10(7-19-9)2-3-14-12(16)6-11-8-20(17,18)5-4-13-11/h7,11,13H,2-6,8H2,1H3,(H,14,16). The highest BCUT2D eigenvalue weighted by atomic mass is 32.2. The van der Waals surface area contributed by atoms with Crippen molar-refractivity contribution in [2.45, 2.75) is 25.8 Å². The van der Waals surface area contributed by atoms with E-state index in [0.29, 0.717) is 19.5 Å². The van der Waals surface area contributed by atoms with E-state index in [2.05, 4.69) is 15.6 Å². The molecule has 0 spiro atoms. The monoisotopic (exact) mass is 317 g/mol. The van der Waals surface area contributed by atoms with Crippen LogP contribution < -0.4 is 10.6 Å². The van der Waals surface area contributed by atoms with Crippen LogP contribution in [0.3, 0.4) is 0 Å². The number of sulfone groups is 1. The Bertz CT molecular complexity index is 568. The van der Waals surface area contributed by atoms with Gasteiger partial charge >= 0.3 is 0 Å². The normalized spacial score (nSPS) is 21.6. The molecule has 2 N–H and O–H groups in total. The van der Waals surface area contributed by atoms with Crippen LogP contribution in [0.15, 0.2) is 5.38 Å². The van der Waals surface area contributed by atoms with E-state index in [-0.39, 0.29) is 29.9 Å². The molecular formula is C12H19N3O3S2. The summed E-state index contributed by atoms with van der Waals surface area (Å²) in [6.07, 6.45) is 0.905. The molecule has 6 nitrogen and oxygen atoms in total. The Morgan fingerprint density at radius 3 is 3.05 bits per heavy atom. The van der Waals surface area contributed by atoms with Crippen LogP contribution in [0.1, 0.15) is 17.1 Å². The van der Waals surface area contributed by atoms with Gasteiger partial charge in [-0.3, -0.25) is 4.79 Å². The summed E-state index contributed by atoms with van der Waals surface area (Å²) in [5, 5.41) is 8.87. The van der Waals surface area contributed by atoms with Gasteiger partial charge in [0.1, 0.15) is 0 Å². The van der Waals surface area contributed by atoms with Gasteiger partial charge in [-0.15, -0.1) is 11.3 Å². The highest BCUT2D eigenvalue weighted by Crippen LogP contribution is 2.08. The van der Waals surface area contributed by atoms with Crippen LogP contribution in [0, 0.1) is 6.92 Å². The average molecular weight is 317 g/mol. The van der Waals surface area contributed by atoms with Crippen molar-refractivity contribution < 1.29 is 13.2 Å². The van der Waals surface area contributed by atoms with Crippen molar-refractivity contribution in [2.75, 3.05) is 24.6 Å². The van der Waals surface area contributed by atoms with Gasteiger partial charge in [-0.05, 0) is 6.92 Å². The van der Waals surface area contributed by atoms with Gasteiger partial charge in [-0.1, -0.05) is 0 Å². The molecule has 1 fully saturated rings. The summed E-state index contributed by atoms with van der Waals surface area (Å²) in [5.41, 5.74) is 0.978. The Labute approximate surface area is 122 Å². The molecule has 0 bridgehead atoms. The van der Waals surface area contributed by atoms with Crippen LogP contribution in [0.25, 0.3) is 0 Å². The predicted molar refractivity (Wildman–Crippen MR) is 78.6 cm³/mol. The lowest BCUT2D eigenvalue weighted by molar-refractivity contribution is -0.121. The highest BCUT2D eigenvalue weighted by Gasteiger charge is 2.25. The number of carbonyl (C=O) groups excluding carboxylic acids is 1. The zero-order valence-corrected chi connectivity index (χ0v) is 13.0. The second-order valence-electron chi connectivity index (χ2n) is 4.93. The van der Waals surface area contributed by atoms with Gasteiger partial charge in [0.05, 0.1) is 22.2 Å². The van der Waals surface area contributed by atoms with Crippen LogP contribution in [0.2, 0.25) is 0 Å². The van der Waals surface area contributed by atoms with Gasteiger partial charge in [0, 0.05) is 37.4 Å². The number of rotatable bonds is 5. The van der Waals surface area contributed by atoms with Crippen molar-refractivity contribution in [1.82, 2.24) is 15.6 Å². The molecule has 1 aromatic heterocycles. The van der Waals surface area contributed by atoms with Crippen molar-refractivity contribution >= 4 is 27.1 Å². The first-order chi connectivity index (χ1) is 9.44. The SMILES string of the molecule is Cc1nc(CCNC(=O)CC2CS(=O)(=O)CCN2)cs1. The summed E-state index contributed by atoms with van der Waals surface area (Å²) in [6, 6.07) is -0.268. The van der Waals surface area contributed by atoms with Crippen molar-refractivity contribution in [3.8, 4) is 0 Å². The lowest BCUT2D eigenvalue weighted by Gasteiger charge is -2.23. The van der Waals surface area contributed by atoms with Crippen molar-refractivity contribution in [2.24, 2.45) is 0 Å². The number of hydrogen-bond acceptors (Lipinski definition) is 6. The van der Waals surface area contributed by atoms with E-state index in [4.69, 9.17) is 0 Å². The largest absolute Gasteiger partial charge is 0.356 e. The van der Waals surface area contributed by atoms with Gasteiger partial charge in [0.15, 0.2) is 9.84 Å². The van der Waals surface area contributed by atoms with E-state index in [1.54, 1.807) is 11.3 Å². The van der Waals surface area contributed by atoms with Gasteiger partial charge in [-0.25, -0.2) is 13.4 Å². The van der Waals surface area contributed by atoms with E-state index in [1.165, 1.54) is 0 Å². The molecule has 1 aromatic rings. The molecule has 2 rings (SSSR count). The molecule has 0 aliphatic carbocycles. The molecule has 20 heavy (non-hydrogen) atoms. The highest BCUT2D eigenvalue weighted by molar-refractivity contribution is 7.91. The molecular weight excluding hydrogens is 298 g/mol.